The normalized spacial score (nSPS) is 28.8. The lowest BCUT2D eigenvalue weighted by Gasteiger charge is -2.54. The zero-order valence-electron chi connectivity index (χ0n) is 15.9. The molecule has 1 aromatic rings. The molecule has 1 saturated carbocycles. The van der Waals surface area contributed by atoms with Gasteiger partial charge in [0.15, 0.2) is 5.78 Å². The van der Waals surface area contributed by atoms with E-state index in [4.69, 9.17) is 0 Å². The van der Waals surface area contributed by atoms with Gasteiger partial charge in [-0.2, -0.15) is 0 Å². The van der Waals surface area contributed by atoms with Crippen LogP contribution >= 0.6 is 0 Å². The number of ketones is 1. The van der Waals surface area contributed by atoms with Gasteiger partial charge in [-0.1, -0.05) is 71.9 Å². The molecule has 0 aliphatic heterocycles. The summed E-state index contributed by atoms with van der Waals surface area (Å²) in [7, 11) is 0. The standard InChI is InChI=1S/C22H34O/c1-17(2)22(20(3,4)5)14-12-21(6,13-15-22)16-19(23)18-10-8-7-9-11-18/h7-11,17H,12-16H2,1-6H3. The van der Waals surface area contributed by atoms with Crippen molar-refractivity contribution in [2.45, 2.75) is 73.6 Å². The van der Waals surface area contributed by atoms with Crippen LogP contribution in [0.15, 0.2) is 30.3 Å². The molecule has 1 nitrogen and oxygen atoms in total. The van der Waals surface area contributed by atoms with Crippen LogP contribution in [0.1, 0.15) is 84.0 Å². The van der Waals surface area contributed by atoms with Crippen molar-refractivity contribution >= 4 is 5.78 Å². The fraction of sp³-hybridized carbons (Fsp3) is 0.682. The highest BCUT2D eigenvalue weighted by Gasteiger charge is 2.49. The van der Waals surface area contributed by atoms with Gasteiger partial charge in [-0.05, 0) is 47.8 Å². The van der Waals surface area contributed by atoms with Gasteiger partial charge in [0.1, 0.15) is 0 Å². The fourth-order valence-corrected chi connectivity index (χ4v) is 4.78. The minimum absolute atomic E-state index is 0.163. The molecule has 0 amide bonds. The van der Waals surface area contributed by atoms with Gasteiger partial charge in [-0.15, -0.1) is 0 Å². The van der Waals surface area contributed by atoms with Crippen LogP contribution in [-0.2, 0) is 0 Å². The molecule has 1 aromatic carbocycles. The van der Waals surface area contributed by atoms with Crippen LogP contribution in [-0.4, -0.2) is 5.78 Å². The molecule has 2 rings (SSSR count). The van der Waals surface area contributed by atoms with Crippen molar-refractivity contribution in [3.05, 3.63) is 35.9 Å². The molecule has 1 aliphatic carbocycles. The maximum Gasteiger partial charge on any atom is 0.163 e. The highest BCUT2D eigenvalue weighted by Crippen LogP contribution is 2.58. The summed E-state index contributed by atoms with van der Waals surface area (Å²) < 4.78 is 0. The van der Waals surface area contributed by atoms with Crippen molar-refractivity contribution < 1.29 is 4.79 Å². The van der Waals surface area contributed by atoms with Gasteiger partial charge in [0.05, 0.1) is 0 Å². The Morgan fingerprint density at radius 1 is 1.04 bits per heavy atom. The SMILES string of the molecule is CC(C)C1(C(C)(C)C)CCC(C)(CC(=O)c2ccccc2)CC1. The number of benzene rings is 1. The number of Topliss-reactive ketones (excluding diaryl/α,β-unsaturated/α-hetero) is 1. The summed E-state index contributed by atoms with van der Waals surface area (Å²) in [5.41, 5.74) is 1.76. The van der Waals surface area contributed by atoms with Crippen LogP contribution in [0.4, 0.5) is 0 Å². The molecule has 0 aromatic heterocycles. The summed E-state index contributed by atoms with van der Waals surface area (Å²) in [5, 5.41) is 0. The van der Waals surface area contributed by atoms with Crippen LogP contribution in [0.25, 0.3) is 0 Å². The minimum Gasteiger partial charge on any atom is -0.294 e. The van der Waals surface area contributed by atoms with Crippen LogP contribution in [0.3, 0.4) is 0 Å². The molecule has 0 bridgehead atoms. The van der Waals surface area contributed by atoms with Gasteiger partial charge in [0.2, 0.25) is 0 Å². The predicted octanol–water partition coefficient (Wildman–Crippen LogP) is 6.53. The molecule has 1 heteroatoms. The van der Waals surface area contributed by atoms with Gasteiger partial charge >= 0.3 is 0 Å². The second kappa shape index (κ2) is 6.42. The Morgan fingerprint density at radius 2 is 1.57 bits per heavy atom. The highest BCUT2D eigenvalue weighted by atomic mass is 16.1. The molecule has 0 saturated heterocycles. The molecule has 0 heterocycles. The molecular weight excluding hydrogens is 280 g/mol. The third-order valence-electron chi connectivity index (χ3n) is 6.63. The third-order valence-corrected chi connectivity index (χ3v) is 6.63. The molecule has 0 unspecified atom stereocenters. The first-order valence-corrected chi connectivity index (χ1v) is 9.18. The monoisotopic (exact) mass is 314 g/mol. The topological polar surface area (TPSA) is 17.1 Å². The van der Waals surface area contributed by atoms with E-state index in [0.717, 1.165) is 5.56 Å². The Labute approximate surface area is 142 Å². The summed E-state index contributed by atoms with van der Waals surface area (Å²) in [4.78, 5) is 12.6. The van der Waals surface area contributed by atoms with Gasteiger partial charge < -0.3 is 0 Å². The van der Waals surface area contributed by atoms with Gasteiger partial charge in [-0.25, -0.2) is 0 Å². The Morgan fingerprint density at radius 3 is 2.00 bits per heavy atom. The highest BCUT2D eigenvalue weighted by molar-refractivity contribution is 5.96. The van der Waals surface area contributed by atoms with E-state index in [1.165, 1.54) is 25.7 Å². The summed E-state index contributed by atoms with van der Waals surface area (Å²) in [6, 6.07) is 9.78. The molecule has 1 aliphatic rings. The Balaban J connectivity index is 2.09. The van der Waals surface area contributed by atoms with E-state index in [1.807, 2.05) is 30.3 Å². The summed E-state index contributed by atoms with van der Waals surface area (Å²) in [6.07, 6.45) is 5.51. The van der Waals surface area contributed by atoms with Crippen molar-refractivity contribution in [3.63, 3.8) is 0 Å². The second-order valence-corrected chi connectivity index (χ2v) is 9.34. The van der Waals surface area contributed by atoms with E-state index in [-0.39, 0.29) is 5.41 Å². The number of hydrogen-bond acceptors (Lipinski definition) is 1. The van der Waals surface area contributed by atoms with Crippen LogP contribution in [0, 0.1) is 22.2 Å². The number of carbonyl (C=O) groups is 1. The van der Waals surface area contributed by atoms with Gasteiger partial charge in [0, 0.05) is 12.0 Å². The minimum atomic E-state index is 0.163. The largest absolute Gasteiger partial charge is 0.294 e. The summed E-state index contributed by atoms with van der Waals surface area (Å²) in [5.74, 6) is 0.998. The van der Waals surface area contributed by atoms with Crippen molar-refractivity contribution in [3.8, 4) is 0 Å². The van der Waals surface area contributed by atoms with E-state index in [1.54, 1.807) is 0 Å². The van der Waals surface area contributed by atoms with Crippen LogP contribution < -0.4 is 0 Å². The van der Waals surface area contributed by atoms with E-state index >= 15 is 0 Å². The lowest BCUT2D eigenvalue weighted by atomic mass is 9.50. The van der Waals surface area contributed by atoms with Crippen molar-refractivity contribution in [2.24, 2.45) is 22.2 Å². The lowest BCUT2D eigenvalue weighted by Crippen LogP contribution is -2.45. The molecular formula is C22H34O. The summed E-state index contributed by atoms with van der Waals surface area (Å²) >= 11 is 0. The summed E-state index contributed by atoms with van der Waals surface area (Å²) in [6.45, 7) is 14.3. The second-order valence-electron chi connectivity index (χ2n) is 9.34. The molecule has 0 N–H and O–H groups in total. The zero-order valence-corrected chi connectivity index (χ0v) is 15.9. The van der Waals surface area contributed by atoms with E-state index < -0.39 is 0 Å². The molecule has 0 radical (unpaired) electrons. The lowest BCUT2D eigenvalue weighted by molar-refractivity contribution is -0.0428. The average molecular weight is 315 g/mol. The first-order chi connectivity index (χ1) is 10.6. The van der Waals surface area contributed by atoms with E-state index in [2.05, 4.69) is 41.5 Å². The third kappa shape index (κ3) is 3.70. The zero-order chi connectivity index (χ0) is 17.3. The van der Waals surface area contributed by atoms with E-state index in [0.29, 0.717) is 29.0 Å². The Bertz CT molecular complexity index is 525. The number of hydrogen-bond donors (Lipinski definition) is 0. The Kier molecular flexibility index (Phi) is 5.09. The maximum atomic E-state index is 12.6. The van der Waals surface area contributed by atoms with Gasteiger partial charge in [-0.3, -0.25) is 4.79 Å². The molecule has 0 atom stereocenters. The molecule has 1 fully saturated rings. The van der Waals surface area contributed by atoms with Crippen molar-refractivity contribution in [1.29, 1.82) is 0 Å². The van der Waals surface area contributed by atoms with Crippen molar-refractivity contribution in [1.82, 2.24) is 0 Å². The number of rotatable bonds is 4. The maximum absolute atomic E-state index is 12.6. The predicted molar refractivity (Wildman–Crippen MR) is 98.7 cm³/mol. The molecule has 0 spiro atoms. The van der Waals surface area contributed by atoms with Crippen molar-refractivity contribution in [2.75, 3.05) is 0 Å². The van der Waals surface area contributed by atoms with E-state index in [9.17, 15) is 4.79 Å². The smallest absolute Gasteiger partial charge is 0.163 e. The molecule has 128 valence electrons. The quantitative estimate of drug-likeness (QED) is 0.577. The first kappa shape index (κ1) is 18.2. The Hall–Kier alpha value is -1.11. The molecule has 23 heavy (non-hydrogen) atoms. The average Bonchev–Trinajstić information content (AvgIpc) is 2.47. The van der Waals surface area contributed by atoms with Crippen LogP contribution in [0.2, 0.25) is 0 Å². The number of carbonyl (C=O) groups excluding carboxylic acids is 1. The fourth-order valence-electron chi connectivity index (χ4n) is 4.78. The van der Waals surface area contributed by atoms with Gasteiger partial charge in [0.25, 0.3) is 0 Å². The first-order valence-electron chi connectivity index (χ1n) is 9.18. The van der Waals surface area contributed by atoms with Crippen LogP contribution in [0.5, 0.6) is 0 Å².